The van der Waals surface area contributed by atoms with E-state index in [4.69, 9.17) is 10.5 Å². The number of rotatable bonds is 7. The van der Waals surface area contributed by atoms with Gasteiger partial charge in [0.05, 0.1) is 35.3 Å². The number of fused-ring (bicyclic) bond motifs is 1. The van der Waals surface area contributed by atoms with Gasteiger partial charge in [-0.15, -0.1) is 0 Å². The first-order chi connectivity index (χ1) is 17.3. The van der Waals surface area contributed by atoms with Gasteiger partial charge < -0.3 is 25.8 Å². The number of likely N-dealkylation sites (tertiary alicyclic amines) is 1. The molecule has 3 heterocycles. The van der Waals surface area contributed by atoms with Crippen LogP contribution in [0.4, 0.5) is 14.6 Å². The van der Waals surface area contributed by atoms with Crippen LogP contribution in [0.15, 0.2) is 37.2 Å². The molecule has 1 aromatic carbocycles. The molecule has 10 nitrogen and oxygen atoms in total. The third-order valence-corrected chi connectivity index (χ3v) is 6.14. The standard InChI is InChI=1S/C24H27F2N7O3/c1-4-20(34)31-11-15(10-16(31)12-36-3)33-23(28-2)21(22(27)35)18(30-33)8-6-14-5-7-17-19(9-14)32(13-29-17)24(25)26/h4-5,7,9,13,15-16,22,24,28,35H,1,10-12,27H2,2-3H3/t15-,16+,22?/m0/s1. The molecule has 1 saturated heterocycles. The molecule has 0 aliphatic carbocycles. The number of ether oxygens (including phenoxy) is 1. The highest BCUT2D eigenvalue weighted by molar-refractivity contribution is 5.87. The van der Waals surface area contributed by atoms with Crippen molar-refractivity contribution >= 4 is 22.8 Å². The van der Waals surface area contributed by atoms with Crippen molar-refractivity contribution in [3.05, 3.63) is 54.0 Å². The van der Waals surface area contributed by atoms with Gasteiger partial charge >= 0.3 is 6.55 Å². The predicted molar refractivity (Wildman–Crippen MR) is 129 cm³/mol. The molecule has 36 heavy (non-hydrogen) atoms. The Hall–Kier alpha value is -3.79. The van der Waals surface area contributed by atoms with Crippen molar-refractivity contribution in [2.75, 3.05) is 32.6 Å². The summed E-state index contributed by atoms with van der Waals surface area (Å²) in [4.78, 5) is 18.0. The van der Waals surface area contributed by atoms with E-state index in [1.54, 1.807) is 35.9 Å². The van der Waals surface area contributed by atoms with Gasteiger partial charge in [-0.25, -0.2) is 9.67 Å². The lowest BCUT2D eigenvalue weighted by Crippen LogP contribution is -2.37. The number of hydrogen-bond acceptors (Lipinski definition) is 7. The first kappa shape index (κ1) is 25.3. The summed E-state index contributed by atoms with van der Waals surface area (Å²) in [5.41, 5.74) is 7.52. The predicted octanol–water partition coefficient (Wildman–Crippen LogP) is 1.99. The average Bonchev–Trinajstić information content (AvgIpc) is 3.56. The summed E-state index contributed by atoms with van der Waals surface area (Å²) in [6, 6.07) is 4.38. The molecule has 3 aromatic rings. The number of imidazole rings is 1. The lowest BCUT2D eigenvalue weighted by atomic mass is 10.1. The minimum absolute atomic E-state index is 0.174. The lowest BCUT2D eigenvalue weighted by molar-refractivity contribution is -0.127. The van der Waals surface area contributed by atoms with Gasteiger partial charge in [0.25, 0.3) is 0 Å². The van der Waals surface area contributed by atoms with Crippen molar-refractivity contribution in [3.8, 4) is 11.8 Å². The minimum atomic E-state index is -2.73. The van der Waals surface area contributed by atoms with Crippen molar-refractivity contribution in [2.24, 2.45) is 5.73 Å². The molecule has 4 N–H and O–H groups in total. The Bertz CT molecular complexity index is 1340. The largest absolute Gasteiger partial charge is 0.383 e. The van der Waals surface area contributed by atoms with E-state index in [9.17, 15) is 18.7 Å². The fourth-order valence-corrected chi connectivity index (χ4v) is 4.53. The first-order valence-corrected chi connectivity index (χ1v) is 11.2. The van der Waals surface area contributed by atoms with E-state index in [1.165, 1.54) is 12.1 Å². The summed E-state index contributed by atoms with van der Waals surface area (Å²) in [6.07, 6.45) is 1.52. The zero-order valence-corrected chi connectivity index (χ0v) is 19.9. The van der Waals surface area contributed by atoms with Gasteiger partial charge in [-0.2, -0.15) is 13.9 Å². The summed E-state index contributed by atoms with van der Waals surface area (Å²) >= 11 is 0. The molecule has 0 radical (unpaired) electrons. The maximum absolute atomic E-state index is 13.3. The van der Waals surface area contributed by atoms with Gasteiger partial charge in [0.2, 0.25) is 5.91 Å². The molecular formula is C24H27F2N7O3. The lowest BCUT2D eigenvalue weighted by Gasteiger charge is -2.22. The fourth-order valence-electron chi connectivity index (χ4n) is 4.53. The number of benzene rings is 1. The van der Waals surface area contributed by atoms with Crippen molar-refractivity contribution in [1.82, 2.24) is 24.2 Å². The molecule has 12 heteroatoms. The Labute approximate surface area is 206 Å². The van der Waals surface area contributed by atoms with Crippen LogP contribution >= 0.6 is 0 Å². The molecule has 0 spiro atoms. The SMILES string of the molecule is C=CC(=O)N1C[C@@H](n2nc(C#Cc3ccc4ncn(C(F)F)c4c3)c(C(N)O)c2NC)C[C@@H]1COC. The Kier molecular flexibility index (Phi) is 7.35. The number of aliphatic hydroxyl groups is 1. The minimum Gasteiger partial charge on any atom is -0.383 e. The first-order valence-electron chi connectivity index (χ1n) is 11.2. The summed E-state index contributed by atoms with van der Waals surface area (Å²) in [7, 11) is 3.24. The van der Waals surface area contributed by atoms with Gasteiger partial charge in [-0.05, 0) is 36.6 Å². The number of halogens is 2. The molecule has 1 amide bonds. The maximum Gasteiger partial charge on any atom is 0.320 e. The van der Waals surface area contributed by atoms with Crippen molar-refractivity contribution in [2.45, 2.75) is 31.3 Å². The van der Waals surface area contributed by atoms with Crippen LogP contribution in [0.3, 0.4) is 0 Å². The molecule has 1 aliphatic heterocycles. The van der Waals surface area contributed by atoms with Gasteiger partial charge in [0.15, 0.2) is 0 Å². The number of alkyl halides is 2. The Morgan fingerprint density at radius 3 is 2.86 bits per heavy atom. The maximum atomic E-state index is 13.3. The third-order valence-electron chi connectivity index (χ3n) is 6.14. The second kappa shape index (κ2) is 10.4. The second-order valence-electron chi connectivity index (χ2n) is 8.33. The summed E-state index contributed by atoms with van der Waals surface area (Å²) in [6.45, 7) is 1.55. The Morgan fingerprint density at radius 1 is 1.44 bits per heavy atom. The number of amides is 1. The monoisotopic (exact) mass is 499 g/mol. The topological polar surface area (TPSA) is 123 Å². The quantitative estimate of drug-likeness (QED) is 0.258. The van der Waals surface area contributed by atoms with Crippen LogP contribution < -0.4 is 11.1 Å². The number of nitrogens with zero attached hydrogens (tertiary/aromatic N) is 5. The number of aliphatic hydroxyl groups excluding tert-OH is 1. The number of aromatic nitrogens is 4. The molecule has 0 saturated carbocycles. The molecule has 3 atom stereocenters. The number of methoxy groups -OCH3 is 1. The molecule has 0 bridgehead atoms. The van der Waals surface area contributed by atoms with Crippen LogP contribution in [0, 0.1) is 11.8 Å². The van der Waals surface area contributed by atoms with Crippen LogP contribution in [0.1, 0.15) is 42.1 Å². The van der Waals surface area contributed by atoms with E-state index in [0.717, 1.165) is 10.9 Å². The zero-order valence-electron chi connectivity index (χ0n) is 19.9. The van der Waals surface area contributed by atoms with Gasteiger partial charge in [0.1, 0.15) is 24.1 Å². The molecule has 1 aliphatic rings. The van der Waals surface area contributed by atoms with Gasteiger partial charge in [0, 0.05) is 26.3 Å². The Balaban J connectivity index is 1.72. The highest BCUT2D eigenvalue weighted by atomic mass is 19.3. The Morgan fingerprint density at radius 2 is 2.22 bits per heavy atom. The van der Waals surface area contributed by atoms with Crippen molar-refractivity contribution in [3.63, 3.8) is 0 Å². The van der Waals surface area contributed by atoms with Crippen molar-refractivity contribution < 1.29 is 23.4 Å². The van der Waals surface area contributed by atoms with E-state index in [2.05, 4.69) is 33.8 Å². The van der Waals surface area contributed by atoms with Crippen LogP contribution in [-0.2, 0) is 9.53 Å². The highest BCUT2D eigenvalue weighted by Gasteiger charge is 2.37. The third kappa shape index (κ3) is 4.68. The van der Waals surface area contributed by atoms with Gasteiger partial charge in [-0.1, -0.05) is 12.5 Å². The number of nitrogens with one attached hydrogen (secondary N) is 1. The number of carbonyl (C=O) groups excluding carboxylic acids is 1. The van der Waals surface area contributed by atoms with Crippen LogP contribution in [0.5, 0.6) is 0 Å². The molecule has 4 rings (SSSR count). The molecule has 1 unspecified atom stereocenters. The molecular weight excluding hydrogens is 472 g/mol. The van der Waals surface area contributed by atoms with E-state index >= 15 is 0 Å². The average molecular weight is 500 g/mol. The number of hydrogen-bond donors (Lipinski definition) is 3. The van der Waals surface area contributed by atoms with Crippen LogP contribution in [0.2, 0.25) is 0 Å². The summed E-state index contributed by atoms with van der Waals surface area (Å²) in [5, 5.41) is 18.0. The number of carbonyl (C=O) groups is 1. The molecule has 190 valence electrons. The van der Waals surface area contributed by atoms with Crippen molar-refractivity contribution in [1.29, 1.82) is 0 Å². The van der Waals surface area contributed by atoms with E-state index in [1.807, 2.05) is 0 Å². The van der Waals surface area contributed by atoms with Gasteiger partial charge in [-0.3, -0.25) is 9.36 Å². The van der Waals surface area contributed by atoms with Crippen LogP contribution in [-0.4, -0.2) is 68.6 Å². The molecule has 1 fully saturated rings. The van der Waals surface area contributed by atoms with Crippen LogP contribution in [0.25, 0.3) is 11.0 Å². The van der Waals surface area contributed by atoms with E-state index < -0.39 is 12.8 Å². The molecule has 2 aromatic heterocycles. The zero-order chi connectivity index (χ0) is 26.0. The fraction of sp³-hybridized carbons (Fsp3) is 0.375. The summed E-state index contributed by atoms with van der Waals surface area (Å²) in [5.74, 6) is 6.09. The van der Waals surface area contributed by atoms with E-state index in [-0.39, 0.29) is 29.2 Å². The smallest absolute Gasteiger partial charge is 0.320 e. The highest BCUT2D eigenvalue weighted by Crippen LogP contribution is 2.34. The number of anilines is 1. The normalized spacial score (nSPS) is 18.4. The van der Waals surface area contributed by atoms with E-state index in [0.29, 0.717) is 42.0 Å². The number of nitrogens with two attached hydrogens (primary N) is 1. The summed E-state index contributed by atoms with van der Waals surface area (Å²) < 4.78 is 34.2. The second-order valence-corrected chi connectivity index (χ2v) is 8.33.